The minimum absolute atomic E-state index is 0.0337. The maximum Gasteiger partial charge on any atom is 0.236 e. The van der Waals surface area contributed by atoms with Crippen LogP contribution in [0.25, 0.3) is 0 Å². The average Bonchev–Trinajstić information content (AvgIpc) is 2.46. The minimum atomic E-state index is -0.325. The predicted octanol–water partition coefficient (Wildman–Crippen LogP) is -0.0323. The van der Waals surface area contributed by atoms with E-state index in [9.17, 15) is 9.90 Å². The third kappa shape index (κ3) is 3.64. The Bertz CT molecular complexity index is 211. The van der Waals surface area contributed by atoms with Crippen molar-refractivity contribution in [3.63, 3.8) is 0 Å². The van der Waals surface area contributed by atoms with E-state index in [0.29, 0.717) is 26.1 Å². The van der Waals surface area contributed by atoms with Gasteiger partial charge in [-0.15, -0.1) is 0 Å². The van der Waals surface area contributed by atoms with Gasteiger partial charge in [0.2, 0.25) is 5.91 Å². The number of rotatable bonds is 2. The third-order valence-electron chi connectivity index (χ3n) is 2.29. The molecular weight excluding hydrogens is 180 g/mol. The van der Waals surface area contributed by atoms with Crippen molar-refractivity contribution < 1.29 is 9.90 Å². The van der Waals surface area contributed by atoms with Crippen molar-refractivity contribution >= 4 is 5.91 Å². The molecule has 0 spiro atoms. The molecule has 82 valence electrons. The number of hydrogen-bond donors (Lipinski definition) is 2. The van der Waals surface area contributed by atoms with E-state index in [2.05, 4.69) is 5.32 Å². The SMILES string of the molecule is CC(C)(C)NCC(=O)N1CC[C@H](O)C1. The fourth-order valence-corrected chi connectivity index (χ4v) is 1.42. The van der Waals surface area contributed by atoms with Crippen molar-refractivity contribution in [2.45, 2.75) is 38.8 Å². The number of carbonyl (C=O) groups excluding carboxylic acids is 1. The fourth-order valence-electron chi connectivity index (χ4n) is 1.42. The average molecular weight is 200 g/mol. The number of nitrogens with one attached hydrogen (secondary N) is 1. The first-order chi connectivity index (χ1) is 6.38. The van der Waals surface area contributed by atoms with Crippen LogP contribution in [0.4, 0.5) is 0 Å². The van der Waals surface area contributed by atoms with Gasteiger partial charge in [0.25, 0.3) is 0 Å². The van der Waals surface area contributed by atoms with Crippen molar-refractivity contribution in [2.24, 2.45) is 0 Å². The molecule has 1 aliphatic rings. The zero-order valence-electron chi connectivity index (χ0n) is 9.21. The molecule has 1 atom stereocenters. The van der Waals surface area contributed by atoms with Gasteiger partial charge >= 0.3 is 0 Å². The first-order valence-corrected chi connectivity index (χ1v) is 5.09. The predicted molar refractivity (Wildman–Crippen MR) is 55.0 cm³/mol. The number of aliphatic hydroxyl groups excluding tert-OH is 1. The maximum atomic E-state index is 11.6. The summed E-state index contributed by atoms with van der Waals surface area (Å²) < 4.78 is 0. The topological polar surface area (TPSA) is 52.6 Å². The molecule has 4 heteroatoms. The molecule has 1 heterocycles. The molecule has 1 fully saturated rings. The Balaban J connectivity index is 2.29. The van der Waals surface area contributed by atoms with E-state index >= 15 is 0 Å². The lowest BCUT2D eigenvalue weighted by Crippen LogP contribution is -2.44. The van der Waals surface area contributed by atoms with Gasteiger partial charge in [0.05, 0.1) is 12.6 Å². The Labute approximate surface area is 85.3 Å². The summed E-state index contributed by atoms with van der Waals surface area (Å²) in [5.41, 5.74) is -0.0337. The summed E-state index contributed by atoms with van der Waals surface area (Å²) in [5.74, 6) is 0.0801. The van der Waals surface area contributed by atoms with E-state index < -0.39 is 0 Å². The highest BCUT2D eigenvalue weighted by Crippen LogP contribution is 2.08. The molecule has 2 N–H and O–H groups in total. The molecular formula is C10H20N2O2. The molecule has 4 nitrogen and oxygen atoms in total. The van der Waals surface area contributed by atoms with E-state index in [-0.39, 0.29) is 17.6 Å². The number of aliphatic hydroxyl groups is 1. The molecule has 0 aromatic carbocycles. The van der Waals surface area contributed by atoms with E-state index in [4.69, 9.17) is 0 Å². The molecule has 1 rings (SSSR count). The highest BCUT2D eigenvalue weighted by molar-refractivity contribution is 5.78. The molecule has 0 aromatic heterocycles. The largest absolute Gasteiger partial charge is 0.391 e. The van der Waals surface area contributed by atoms with Crippen LogP contribution in [0.3, 0.4) is 0 Å². The molecule has 0 radical (unpaired) electrons. The van der Waals surface area contributed by atoms with Crippen molar-refractivity contribution in [3.8, 4) is 0 Å². The molecule has 1 saturated heterocycles. The first-order valence-electron chi connectivity index (χ1n) is 5.09. The highest BCUT2D eigenvalue weighted by Gasteiger charge is 2.24. The van der Waals surface area contributed by atoms with E-state index in [0.717, 1.165) is 0 Å². The first kappa shape index (κ1) is 11.5. The lowest BCUT2D eigenvalue weighted by molar-refractivity contribution is -0.129. The Morgan fingerprint density at radius 2 is 2.21 bits per heavy atom. The van der Waals surface area contributed by atoms with Crippen LogP contribution in [-0.4, -0.2) is 47.2 Å². The van der Waals surface area contributed by atoms with Crippen LogP contribution in [0.5, 0.6) is 0 Å². The van der Waals surface area contributed by atoms with Crippen LogP contribution in [-0.2, 0) is 4.79 Å². The van der Waals surface area contributed by atoms with Crippen LogP contribution >= 0.6 is 0 Å². The van der Waals surface area contributed by atoms with Crippen molar-refractivity contribution in [3.05, 3.63) is 0 Å². The van der Waals surface area contributed by atoms with Crippen LogP contribution in [0, 0.1) is 0 Å². The van der Waals surface area contributed by atoms with Crippen LogP contribution < -0.4 is 5.32 Å². The highest BCUT2D eigenvalue weighted by atomic mass is 16.3. The summed E-state index contributed by atoms with van der Waals surface area (Å²) in [6, 6.07) is 0. The molecule has 0 aromatic rings. The summed E-state index contributed by atoms with van der Waals surface area (Å²) in [5, 5.41) is 12.4. The Morgan fingerprint density at radius 1 is 1.57 bits per heavy atom. The summed E-state index contributed by atoms with van der Waals surface area (Å²) >= 11 is 0. The third-order valence-corrected chi connectivity index (χ3v) is 2.29. The van der Waals surface area contributed by atoms with Crippen molar-refractivity contribution in [1.82, 2.24) is 10.2 Å². The number of amides is 1. The zero-order chi connectivity index (χ0) is 10.8. The van der Waals surface area contributed by atoms with Crippen LogP contribution in [0.2, 0.25) is 0 Å². The van der Waals surface area contributed by atoms with Gasteiger partial charge in [-0.05, 0) is 27.2 Å². The monoisotopic (exact) mass is 200 g/mol. The van der Waals surface area contributed by atoms with E-state index in [1.807, 2.05) is 20.8 Å². The van der Waals surface area contributed by atoms with Gasteiger partial charge in [0.15, 0.2) is 0 Å². The summed E-state index contributed by atoms with van der Waals surface area (Å²) in [4.78, 5) is 13.3. The second-order valence-electron chi connectivity index (χ2n) is 4.89. The zero-order valence-corrected chi connectivity index (χ0v) is 9.21. The van der Waals surface area contributed by atoms with Gasteiger partial charge in [0, 0.05) is 18.6 Å². The number of nitrogens with zero attached hydrogens (tertiary/aromatic N) is 1. The number of hydrogen-bond acceptors (Lipinski definition) is 3. The molecule has 0 saturated carbocycles. The Morgan fingerprint density at radius 3 is 2.64 bits per heavy atom. The number of likely N-dealkylation sites (tertiary alicyclic amines) is 1. The van der Waals surface area contributed by atoms with Gasteiger partial charge < -0.3 is 15.3 Å². The number of carbonyl (C=O) groups is 1. The normalized spacial score (nSPS) is 22.9. The van der Waals surface area contributed by atoms with Crippen molar-refractivity contribution in [2.75, 3.05) is 19.6 Å². The quantitative estimate of drug-likeness (QED) is 0.658. The van der Waals surface area contributed by atoms with Crippen LogP contribution in [0.1, 0.15) is 27.2 Å². The smallest absolute Gasteiger partial charge is 0.236 e. The summed E-state index contributed by atoms with van der Waals surface area (Å²) in [7, 11) is 0. The summed E-state index contributed by atoms with van der Waals surface area (Å²) in [6.45, 7) is 7.62. The van der Waals surface area contributed by atoms with Gasteiger partial charge in [-0.3, -0.25) is 4.79 Å². The van der Waals surface area contributed by atoms with Gasteiger partial charge in [-0.2, -0.15) is 0 Å². The lowest BCUT2D eigenvalue weighted by Gasteiger charge is -2.22. The summed E-state index contributed by atoms with van der Waals surface area (Å²) in [6.07, 6.45) is 0.384. The molecule has 0 aliphatic carbocycles. The maximum absolute atomic E-state index is 11.6. The minimum Gasteiger partial charge on any atom is -0.391 e. The molecule has 0 unspecified atom stereocenters. The fraction of sp³-hybridized carbons (Fsp3) is 0.900. The Hall–Kier alpha value is -0.610. The molecule has 1 amide bonds. The van der Waals surface area contributed by atoms with Gasteiger partial charge in [-0.25, -0.2) is 0 Å². The van der Waals surface area contributed by atoms with E-state index in [1.54, 1.807) is 4.90 Å². The van der Waals surface area contributed by atoms with Gasteiger partial charge in [-0.1, -0.05) is 0 Å². The number of β-amino-alcohol motifs (C(OH)–C–C–N with tert-alkyl or cyclic N) is 1. The molecule has 1 aliphatic heterocycles. The lowest BCUT2D eigenvalue weighted by atomic mass is 10.1. The second kappa shape index (κ2) is 4.28. The van der Waals surface area contributed by atoms with Crippen LogP contribution in [0.15, 0.2) is 0 Å². The standard InChI is InChI=1S/C10H20N2O2/c1-10(2,3)11-6-9(14)12-5-4-8(13)7-12/h8,11,13H,4-7H2,1-3H3/t8-/m0/s1. The second-order valence-corrected chi connectivity index (χ2v) is 4.89. The molecule has 0 bridgehead atoms. The van der Waals surface area contributed by atoms with Crippen molar-refractivity contribution in [1.29, 1.82) is 0 Å². The van der Waals surface area contributed by atoms with Gasteiger partial charge in [0.1, 0.15) is 0 Å². The molecule has 14 heavy (non-hydrogen) atoms. The Kier molecular flexibility index (Phi) is 3.50. The van der Waals surface area contributed by atoms with E-state index in [1.165, 1.54) is 0 Å².